The second kappa shape index (κ2) is 5.54. The topological polar surface area (TPSA) is 15.3 Å². The van der Waals surface area contributed by atoms with Crippen molar-refractivity contribution in [1.82, 2.24) is 4.90 Å². The van der Waals surface area contributed by atoms with Gasteiger partial charge in [-0.15, -0.1) is 0 Å². The number of anilines is 1. The third-order valence-electron chi connectivity index (χ3n) is 4.13. The maximum Gasteiger partial charge on any atom is 0.0419 e. The molecular formula is C15H22N2S. The number of fused-ring (bicyclic) bond motifs is 1. The molecule has 1 unspecified atom stereocenters. The van der Waals surface area contributed by atoms with Crippen LogP contribution in [0, 0.1) is 0 Å². The van der Waals surface area contributed by atoms with E-state index in [9.17, 15) is 0 Å². The fourth-order valence-corrected chi connectivity index (χ4v) is 4.01. The molecule has 1 aromatic rings. The molecule has 98 valence electrons. The van der Waals surface area contributed by atoms with Crippen molar-refractivity contribution in [3.8, 4) is 0 Å². The normalized spacial score (nSPS) is 24.4. The van der Waals surface area contributed by atoms with Crippen LogP contribution >= 0.6 is 11.8 Å². The van der Waals surface area contributed by atoms with Gasteiger partial charge in [0.25, 0.3) is 0 Å². The lowest BCUT2D eigenvalue weighted by atomic mass is 10.1. The van der Waals surface area contributed by atoms with Gasteiger partial charge in [-0.25, -0.2) is 0 Å². The van der Waals surface area contributed by atoms with Crippen LogP contribution in [0.15, 0.2) is 18.2 Å². The molecule has 1 fully saturated rings. The molecule has 0 amide bonds. The Morgan fingerprint density at radius 3 is 3.28 bits per heavy atom. The molecule has 1 atom stereocenters. The first kappa shape index (κ1) is 12.4. The second-order valence-corrected chi connectivity index (χ2v) is 6.57. The van der Waals surface area contributed by atoms with Crippen molar-refractivity contribution in [3.05, 3.63) is 29.3 Å². The van der Waals surface area contributed by atoms with E-state index in [0.29, 0.717) is 0 Å². The van der Waals surface area contributed by atoms with Crippen LogP contribution in [0.1, 0.15) is 24.5 Å². The number of hydrogen-bond donors (Lipinski definition) is 1. The quantitative estimate of drug-likeness (QED) is 0.882. The summed E-state index contributed by atoms with van der Waals surface area (Å²) < 4.78 is 0. The largest absolute Gasteiger partial charge is 0.384 e. The van der Waals surface area contributed by atoms with Gasteiger partial charge >= 0.3 is 0 Å². The van der Waals surface area contributed by atoms with Crippen molar-refractivity contribution < 1.29 is 0 Å². The number of nitrogens with one attached hydrogen (secondary N) is 1. The molecule has 2 aliphatic heterocycles. The molecule has 2 aliphatic rings. The van der Waals surface area contributed by atoms with E-state index in [0.717, 1.165) is 19.1 Å². The van der Waals surface area contributed by atoms with E-state index in [2.05, 4.69) is 47.1 Å². The fourth-order valence-electron chi connectivity index (χ4n) is 2.94. The van der Waals surface area contributed by atoms with Gasteiger partial charge < -0.3 is 5.32 Å². The maximum absolute atomic E-state index is 3.56. The van der Waals surface area contributed by atoms with Crippen molar-refractivity contribution in [2.75, 3.05) is 29.9 Å². The van der Waals surface area contributed by atoms with Crippen LogP contribution in [0.3, 0.4) is 0 Å². The molecule has 0 radical (unpaired) electrons. The Balaban J connectivity index is 1.77. The molecule has 18 heavy (non-hydrogen) atoms. The minimum Gasteiger partial charge on any atom is -0.384 e. The highest BCUT2D eigenvalue weighted by Crippen LogP contribution is 2.28. The van der Waals surface area contributed by atoms with E-state index in [1.807, 2.05) is 0 Å². The number of rotatable bonds is 2. The van der Waals surface area contributed by atoms with E-state index in [-0.39, 0.29) is 0 Å². The predicted molar refractivity (Wildman–Crippen MR) is 80.4 cm³/mol. The van der Waals surface area contributed by atoms with Crippen molar-refractivity contribution in [3.63, 3.8) is 0 Å². The van der Waals surface area contributed by atoms with E-state index < -0.39 is 0 Å². The van der Waals surface area contributed by atoms with Crippen molar-refractivity contribution >= 4 is 17.4 Å². The van der Waals surface area contributed by atoms with Gasteiger partial charge in [0, 0.05) is 37.1 Å². The first-order chi connectivity index (χ1) is 8.84. The second-order valence-electron chi connectivity index (χ2n) is 5.35. The third-order valence-corrected chi connectivity index (χ3v) is 5.13. The predicted octanol–water partition coefficient (Wildman–Crippen LogP) is 2.98. The van der Waals surface area contributed by atoms with Crippen LogP contribution in [0.4, 0.5) is 5.69 Å². The summed E-state index contributed by atoms with van der Waals surface area (Å²) in [7, 11) is 0. The summed E-state index contributed by atoms with van der Waals surface area (Å²) in [5.41, 5.74) is 4.41. The third kappa shape index (κ3) is 2.52. The minimum absolute atomic E-state index is 0.720. The fraction of sp³-hybridized carbons (Fsp3) is 0.600. The Bertz CT molecular complexity index is 419. The monoisotopic (exact) mass is 262 g/mol. The zero-order chi connectivity index (χ0) is 12.4. The standard InChI is InChI=1S/C15H22N2S/c1-12-6-9-18-10-8-17(12)11-14-4-2-3-13-5-7-16-15(13)14/h2-4,12,16H,5-11H2,1H3. The molecule has 0 bridgehead atoms. The smallest absolute Gasteiger partial charge is 0.0419 e. The number of para-hydroxylation sites is 1. The Labute approximate surface area is 114 Å². The number of hydrogen-bond acceptors (Lipinski definition) is 3. The van der Waals surface area contributed by atoms with Crippen LogP contribution in [-0.2, 0) is 13.0 Å². The summed E-state index contributed by atoms with van der Waals surface area (Å²) in [6, 6.07) is 7.50. The Kier molecular flexibility index (Phi) is 3.80. The summed E-state index contributed by atoms with van der Waals surface area (Å²) in [5.74, 6) is 2.61. The van der Waals surface area contributed by atoms with E-state index in [4.69, 9.17) is 0 Å². The van der Waals surface area contributed by atoms with Gasteiger partial charge in [0.05, 0.1) is 0 Å². The maximum atomic E-state index is 3.56. The minimum atomic E-state index is 0.720. The molecule has 1 N–H and O–H groups in total. The van der Waals surface area contributed by atoms with Crippen LogP contribution in [-0.4, -0.2) is 35.5 Å². The van der Waals surface area contributed by atoms with E-state index >= 15 is 0 Å². The zero-order valence-electron chi connectivity index (χ0n) is 11.1. The molecular weight excluding hydrogens is 240 g/mol. The molecule has 1 saturated heterocycles. The van der Waals surface area contributed by atoms with Crippen LogP contribution in [0.5, 0.6) is 0 Å². The summed E-state index contributed by atoms with van der Waals surface area (Å²) in [6.45, 7) is 5.83. The summed E-state index contributed by atoms with van der Waals surface area (Å²) in [6.07, 6.45) is 2.52. The highest BCUT2D eigenvalue weighted by molar-refractivity contribution is 7.99. The zero-order valence-corrected chi connectivity index (χ0v) is 11.9. The van der Waals surface area contributed by atoms with Crippen LogP contribution < -0.4 is 5.32 Å². The average molecular weight is 262 g/mol. The lowest BCUT2D eigenvalue weighted by Crippen LogP contribution is -2.33. The van der Waals surface area contributed by atoms with Gasteiger partial charge in [0.2, 0.25) is 0 Å². The first-order valence-electron chi connectivity index (χ1n) is 7.01. The molecule has 2 nitrogen and oxygen atoms in total. The Morgan fingerprint density at radius 1 is 1.39 bits per heavy atom. The highest BCUT2D eigenvalue weighted by Gasteiger charge is 2.20. The number of thioether (sulfide) groups is 1. The van der Waals surface area contributed by atoms with Crippen molar-refractivity contribution in [1.29, 1.82) is 0 Å². The first-order valence-corrected chi connectivity index (χ1v) is 8.16. The molecule has 0 aromatic heterocycles. The van der Waals surface area contributed by atoms with Gasteiger partial charge in [-0.2, -0.15) is 11.8 Å². The highest BCUT2D eigenvalue weighted by atomic mass is 32.2. The van der Waals surface area contributed by atoms with Crippen LogP contribution in [0.2, 0.25) is 0 Å². The molecule has 3 heteroatoms. The van der Waals surface area contributed by atoms with Gasteiger partial charge in [0.15, 0.2) is 0 Å². The average Bonchev–Trinajstić information content (AvgIpc) is 2.77. The van der Waals surface area contributed by atoms with Gasteiger partial charge in [0.1, 0.15) is 0 Å². The summed E-state index contributed by atoms with van der Waals surface area (Å²) in [4.78, 5) is 2.65. The van der Waals surface area contributed by atoms with Crippen LogP contribution in [0.25, 0.3) is 0 Å². The van der Waals surface area contributed by atoms with E-state index in [1.165, 1.54) is 47.7 Å². The molecule has 3 rings (SSSR count). The van der Waals surface area contributed by atoms with Crippen molar-refractivity contribution in [2.45, 2.75) is 32.4 Å². The number of benzene rings is 1. The molecule has 1 aromatic carbocycles. The summed E-state index contributed by atoms with van der Waals surface area (Å²) in [5, 5.41) is 3.56. The van der Waals surface area contributed by atoms with Gasteiger partial charge in [-0.1, -0.05) is 18.2 Å². The summed E-state index contributed by atoms with van der Waals surface area (Å²) >= 11 is 2.10. The molecule has 2 heterocycles. The lowest BCUT2D eigenvalue weighted by molar-refractivity contribution is 0.213. The molecule has 0 saturated carbocycles. The van der Waals surface area contributed by atoms with E-state index in [1.54, 1.807) is 0 Å². The van der Waals surface area contributed by atoms with Gasteiger partial charge in [-0.05, 0) is 36.6 Å². The van der Waals surface area contributed by atoms with Crippen molar-refractivity contribution in [2.24, 2.45) is 0 Å². The molecule has 0 spiro atoms. The molecule has 0 aliphatic carbocycles. The Morgan fingerprint density at radius 2 is 2.33 bits per heavy atom. The Hall–Kier alpha value is -0.670. The SMILES string of the molecule is CC1CCSCCN1Cc1cccc2c1NCC2. The lowest BCUT2D eigenvalue weighted by Gasteiger charge is -2.27. The number of nitrogens with zero attached hydrogens (tertiary/aromatic N) is 1. The van der Waals surface area contributed by atoms with Gasteiger partial charge in [-0.3, -0.25) is 4.90 Å².